The van der Waals surface area contributed by atoms with E-state index in [2.05, 4.69) is 260 Å². The molecule has 3 aliphatic rings. The molecule has 0 N–H and O–H groups in total. The summed E-state index contributed by atoms with van der Waals surface area (Å²) in [4.78, 5) is 2.61. The van der Waals surface area contributed by atoms with Gasteiger partial charge in [-0.05, 0) is 109 Å². The van der Waals surface area contributed by atoms with Crippen LogP contribution in [-0.4, -0.2) is 6.04 Å². The second kappa shape index (κ2) is 15.0. The Morgan fingerprint density at radius 2 is 0.778 bits per heavy atom. The summed E-state index contributed by atoms with van der Waals surface area (Å²) < 4.78 is 0. The summed E-state index contributed by atoms with van der Waals surface area (Å²) in [6.45, 7) is 0. The van der Waals surface area contributed by atoms with Crippen molar-refractivity contribution in [3.63, 3.8) is 0 Å². The van der Waals surface area contributed by atoms with Crippen LogP contribution in [0.2, 0.25) is 0 Å². The van der Waals surface area contributed by atoms with E-state index in [1.54, 1.807) is 0 Å². The van der Waals surface area contributed by atoms with Crippen LogP contribution in [0.25, 0.3) is 27.8 Å². The van der Waals surface area contributed by atoms with Crippen molar-refractivity contribution in [3.05, 3.63) is 305 Å². The average molecular weight is 804 g/mol. The number of hydrogen-bond acceptors (Lipinski definition) is 1. The van der Waals surface area contributed by atoms with Crippen LogP contribution in [0, 0.1) is 0 Å². The van der Waals surface area contributed by atoms with E-state index in [9.17, 15) is 0 Å². The minimum Gasteiger partial charge on any atom is -0.334 e. The van der Waals surface area contributed by atoms with Crippen molar-refractivity contribution >= 4 is 16.9 Å². The molecule has 63 heavy (non-hydrogen) atoms. The van der Waals surface area contributed by atoms with Gasteiger partial charge in [-0.25, -0.2) is 0 Å². The molecule has 0 aromatic heterocycles. The number of fused-ring (bicyclic) bond motifs is 6. The van der Waals surface area contributed by atoms with Gasteiger partial charge in [0.1, 0.15) is 0 Å². The monoisotopic (exact) mass is 803 g/mol. The lowest BCUT2D eigenvalue weighted by Crippen LogP contribution is -2.35. The zero-order valence-corrected chi connectivity index (χ0v) is 35.0. The van der Waals surface area contributed by atoms with Gasteiger partial charge < -0.3 is 4.90 Å². The number of rotatable bonds is 8. The highest BCUT2D eigenvalue weighted by Gasteiger charge is 2.50. The lowest BCUT2D eigenvalue weighted by molar-refractivity contribution is 0.723. The maximum absolute atomic E-state index is 2.62. The minimum absolute atomic E-state index is 0.0112. The fraction of sp³-hybridized carbons (Fsp3) is 0.0645. The first-order chi connectivity index (χ1) is 31.3. The number of allylic oxidation sites excluding steroid dienone is 2. The third-order valence-electron chi connectivity index (χ3n) is 14.0. The van der Waals surface area contributed by atoms with Gasteiger partial charge >= 0.3 is 0 Å². The number of anilines is 2. The Hall–Kier alpha value is -7.74. The molecule has 0 aliphatic heterocycles. The predicted molar refractivity (Wildman–Crippen MR) is 261 cm³/mol. The van der Waals surface area contributed by atoms with E-state index in [1.165, 1.54) is 83.6 Å². The Kier molecular flexibility index (Phi) is 8.83. The summed E-state index contributed by atoms with van der Waals surface area (Å²) in [7, 11) is 0. The molecule has 0 radical (unpaired) electrons. The van der Waals surface area contributed by atoms with Crippen LogP contribution >= 0.6 is 0 Å². The molecular formula is C62H45N. The third kappa shape index (κ3) is 5.63. The van der Waals surface area contributed by atoms with Gasteiger partial charge in [0.25, 0.3) is 0 Å². The summed E-state index contributed by atoms with van der Waals surface area (Å²) in [5, 5.41) is 0. The van der Waals surface area contributed by atoms with Crippen LogP contribution in [0.5, 0.6) is 0 Å². The largest absolute Gasteiger partial charge is 0.334 e. The molecule has 9 aromatic carbocycles. The Labute approximate surface area is 370 Å². The molecule has 0 spiro atoms. The van der Waals surface area contributed by atoms with Crippen LogP contribution in [0.3, 0.4) is 0 Å². The number of hydrogen-bond donors (Lipinski definition) is 0. The number of nitrogens with zero attached hydrogens (tertiary/aromatic N) is 1. The second-order valence-corrected chi connectivity index (χ2v) is 17.1. The van der Waals surface area contributed by atoms with Crippen LogP contribution in [0.15, 0.2) is 260 Å². The van der Waals surface area contributed by atoms with E-state index in [0.29, 0.717) is 0 Å². The molecule has 0 amide bonds. The molecular weight excluding hydrogens is 759 g/mol. The first-order valence-corrected chi connectivity index (χ1v) is 22.2. The summed E-state index contributed by atoms with van der Waals surface area (Å²) >= 11 is 0. The first-order valence-electron chi connectivity index (χ1n) is 22.2. The molecule has 1 unspecified atom stereocenters. The highest BCUT2D eigenvalue weighted by molar-refractivity contribution is 5.95. The van der Waals surface area contributed by atoms with Crippen molar-refractivity contribution in [1.29, 1.82) is 0 Å². The molecule has 0 bridgehead atoms. The Balaban J connectivity index is 1.10. The van der Waals surface area contributed by atoms with Crippen molar-refractivity contribution in [1.82, 2.24) is 0 Å². The molecule has 0 saturated carbocycles. The number of benzene rings is 9. The molecule has 9 aromatic rings. The normalized spacial score (nSPS) is 16.2. The molecule has 12 rings (SSSR count). The molecule has 298 valence electrons. The molecule has 0 heterocycles. The topological polar surface area (TPSA) is 3.24 Å². The molecule has 0 saturated heterocycles. The van der Waals surface area contributed by atoms with E-state index < -0.39 is 10.8 Å². The van der Waals surface area contributed by atoms with Gasteiger partial charge in [0.05, 0.1) is 16.9 Å². The SMILES string of the molecule is C1=C2C(=CC(N(c3ccc(-c4ccccc4)cc3)c3ccc4c(c3)C(c3ccccc3)(c3ccccc3)c3ccccc3-4)C1)C(c1ccccc1)(c1ccccc1)c1ccccc12. The maximum atomic E-state index is 2.62. The zero-order valence-electron chi connectivity index (χ0n) is 35.0. The Morgan fingerprint density at radius 1 is 0.349 bits per heavy atom. The average Bonchev–Trinajstić information content (AvgIpc) is 3.83. The summed E-state index contributed by atoms with van der Waals surface area (Å²) in [6.07, 6.45) is 6.00. The van der Waals surface area contributed by atoms with Crippen molar-refractivity contribution in [2.75, 3.05) is 4.90 Å². The van der Waals surface area contributed by atoms with Gasteiger partial charge in [0, 0.05) is 11.4 Å². The quantitative estimate of drug-likeness (QED) is 0.148. The fourth-order valence-corrected chi connectivity index (χ4v) is 11.4. The van der Waals surface area contributed by atoms with Crippen LogP contribution in [0.1, 0.15) is 50.9 Å². The van der Waals surface area contributed by atoms with E-state index in [1.807, 2.05) is 0 Å². The Bertz CT molecular complexity index is 3090. The van der Waals surface area contributed by atoms with Gasteiger partial charge in [-0.2, -0.15) is 0 Å². The predicted octanol–water partition coefficient (Wildman–Crippen LogP) is 15.0. The molecule has 1 nitrogen and oxygen atoms in total. The zero-order chi connectivity index (χ0) is 41.8. The maximum Gasteiger partial charge on any atom is 0.0714 e. The van der Waals surface area contributed by atoms with Gasteiger partial charge in [-0.15, -0.1) is 0 Å². The Morgan fingerprint density at radius 3 is 1.35 bits per heavy atom. The van der Waals surface area contributed by atoms with Gasteiger partial charge in [0.2, 0.25) is 0 Å². The van der Waals surface area contributed by atoms with Crippen LogP contribution < -0.4 is 4.90 Å². The molecule has 1 heteroatoms. The van der Waals surface area contributed by atoms with Crippen LogP contribution in [-0.2, 0) is 10.8 Å². The van der Waals surface area contributed by atoms with Gasteiger partial charge in [0.15, 0.2) is 0 Å². The fourth-order valence-electron chi connectivity index (χ4n) is 11.4. The van der Waals surface area contributed by atoms with E-state index in [4.69, 9.17) is 0 Å². The van der Waals surface area contributed by atoms with Gasteiger partial charge in [-0.1, -0.05) is 231 Å². The van der Waals surface area contributed by atoms with Crippen molar-refractivity contribution in [2.24, 2.45) is 0 Å². The molecule has 3 aliphatic carbocycles. The molecule has 1 atom stereocenters. The van der Waals surface area contributed by atoms with Crippen molar-refractivity contribution < 1.29 is 0 Å². The highest BCUT2D eigenvalue weighted by atomic mass is 15.2. The summed E-state index contributed by atoms with van der Waals surface area (Å²) in [5.41, 5.74) is 19.4. The lowest BCUT2D eigenvalue weighted by Gasteiger charge is -2.39. The first kappa shape index (κ1) is 37.1. The molecule has 0 fully saturated rings. The smallest absolute Gasteiger partial charge is 0.0714 e. The van der Waals surface area contributed by atoms with Crippen molar-refractivity contribution in [3.8, 4) is 22.3 Å². The van der Waals surface area contributed by atoms with E-state index >= 15 is 0 Å². The summed E-state index contributed by atoms with van der Waals surface area (Å²) in [5.74, 6) is 0. The van der Waals surface area contributed by atoms with E-state index in [0.717, 1.165) is 12.1 Å². The standard InChI is InChI=1S/C62H45N/c1-6-20-44(21-7-1)45-34-36-50(37-35-45)63(51-38-40-55-53-30-16-18-32-57(53)61(59(55)42-51,46-22-8-2-9-23-46)47-24-10-3-11-25-47)52-39-41-56-54-31-17-19-33-58(54)62(60(56)43-52,48-26-12-4-13-27-48)49-28-14-5-15-29-49/h1-38,40-43,52H,39H2. The second-order valence-electron chi connectivity index (χ2n) is 17.1. The highest BCUT2D eigenvalue weighted by Crippen LogP contribution is 2.60. The minimum atomic E-state index is -0.506. The third-order valence-corrected chi connectivity index (χ3v) is 14.0. The van der Waals surface area contributed by atoms with Gasteiger partial charge in [-0.3, -0.25) is 0 Å². The van der Waals surface area contributed by atoms with Crippen LogP contribution in [0.4, 0.5) is 11.4 Å². The lowest BCUT2D eigenvalue weighted by atomic mass is 9.66. The van der Waals surface area contributed by atoms with E-state index in [-0.39, 0.29) is 6.04 Å². The van der Waals surface area contributed by atoms with Crippen molar-refractivity contribution in [2.45, 2.75) is 23.3 Å². The summed E-state index contributed by atoms with van der Waals surface area (Å²) in [6, 6.07) is 90.0.